The Morgan fingerprint density at radius 3 is 2.69 bits per heavy atom. The Bertz CT molecular complexity index is 1500. The Morgan fingerprint density at radius 1 is 1.06 bits per heavy atom. The molecule has 5 N–H and O–H groups in total. The van der Waals surface area contributed by atoms with Crippen LogP contribution in [0.1, 0.15) is 32.0 Å². The monoisotopic (exact) mass is 486 g/mol. The lowest BCUT2D eigenvalue weighted by molar-refractivity contribution is 0.0998. The maximum Gasteiger partial charge on any atom is 0.407 e. The number of hydrogen-bond donors (Lipinski definition) is 4. The van der Waals surface area contributed by atoms with Crippen LogP contribution >= 0.6 is 0 Å². The molecular weight excluding hydrogens is 464 g/mol. The third-order valence-corrected chi connectivity index (χ3v) is 5.96. The molecule has 0 aliphatic carbocycles. The van der Waals surface area contributed by atoms with Crippen LogP contribution in [0.3, 0.4) is 0 Å². The summed E-state index contributed by atoms with van der Waals surface area (Å²) in [5, 5.41) is 20.3. The van der Waals surface area contributed by atoms with E-state index in [-0.39, 0.29) is 12.5 Å². The highest BCUT2D eigenvalue weighted by molar-refractivity contribution is 6.07. The first-order valence-corrected chi connectivity index (χ1v) is 11.1. The fourth-order valence-corrected chi connectivity index (χ4v) is 4.17. The molecule has 1 aliphatic heterocycles. The maximum absolute atomic E-state index is 12.9. The summed E-state index contributed by atoms with van der Waals surface area (Å²) in [5.41, 5.74) is 8.59. The summed E-state index contributed by atoms with van der Waals surface area (Å²) in [4.78, 5) is 45.7. The topological polar surface area (TPSA) is 168 Å². The van der Waals surface area contributed by atoms with Gasteiger partial charge in [0.15, 0.2) is 0 Å². The Labute approximate surface area is 204 Å². The van der Waals surface area contributed by atoms with Crippen LogP contribution < -0.4 is 16.4 Å². The summed E-state index contributed by atoms with van der Waals surface area (Å²) >= 11 is 0. The molecule has 0 atom stereocenters. The minimum absolute atomic E-state index is 0.104. The van der Waals surface area contributed by atoms with Crippen LogP contribution in [0.5, 0.6) is 0 Å². The minimum Gasteiger partial charge on any atom is -0.465 e. The Morgan fingerprint density at radius 2 is 1.89 bits per heavy atom. The molecule has 0 fully saturated rings. The van der Waals surface area contributed by atoms with Gasteiger partial charge in [-0.2, -0.15) is 5.10 Å². The van der Waals surface area contributed by atoms with Crippen molar-refractivity contribution in [3.05, 3.63) is 77.4 Å². The highest BCUT2D eigenvalue weighted by atomic mass is 16.4. The molecule has 2 aromatic heterocycles. The van der Waals surface area contributed by atoms with E-state index in [4.69, 9.17) is 5.73 Å². The van der Waals surface area contributed by atoms with Gasteiger partial charge in [0.25, 0.3) is 11.8 Å². The van der Waals surface area contributed by atoms with Gasteiger partial charge in [-0.1, -0.05) is 18.2 Å². The van der Waals surface area contributed by atoms with Crippen molar-refractivity contribution in [1.29, 1.82) is 0 Å². The van der Waals surface area contributed by atoms with Gasteiger partial charge in [-0.3, -0.25) is 14.3 Å². The Hall–Kier alpha value is -5.00. The molecule has 0 spiro atoms. The number of carbonyl (C=O) groups excluding carboxylic acids is 2. The number of nitrogens with one attached hydrogen (secondary N) is 2. The maximum atomic E-state index is 12.9. The third-order valence-electron chi connectivity index (χ3n) is 5.96. The van der Waals surface area contributed by atoms with Crippen LogP contribution in [0.4, 0.5) is 16.3 Å². The van der Waals surface area contributed by atoms with Crippen molar-refractivity contribution >= 4 is 40.3 Å². The predicted octanol–water partition coefficient (Wildman–Crippen LogP) is 2.28. The summed E-state index contributed by atoms with van der Waals surface area (Å²) in [7, 11) is 0. The molecule has 1 aliphatic rings. The van der Waals surface area contributed by atoms with Gasteiger partial charge in [0.2, 0.25) is 0 Å². The standard InChI is InChI=1S/C24H22N8O4/c25-21(33)16-5-2-6-17-20(16)27-13-28-22(17)26-10-14-3-1-4-15(9-14)30-23(34)18-11-29-32-8-7-31(24(35)36)12-19(18)32/h1-6,9,11,13H,7-8,10,12H2,(H2,25,33)(H,30,34)(H,35,36)(H,26,27,28). The van der Waals surface area contributed by atoms with Crippen LogP contribution in [-0.2, 0) is 19.6 Å². The number of carbonyl (C=O) groups is 3. The van der Waals surface area contributed by atoms with Gasteiger partial charge in [-0.25, -0.2) is 14.8 Å². The van der Waals surface area contributed by atoms with Gasteiger partial charge >= 0.3 is 6.09 Å². The van der Waals surface area contributed by atoms with Crippen molar-refractivity contribution in [2.45, 2.75) is 19.6 Å². The van der Waals surface area contributed by atoms with Crippen molar-refractivity contribution in [1.82, 2.24) is 24.6 Å². The highest BCUT2D eigenvalue weighted by Crippen LogP contribution is 2.23. The average Bonchev–Trinajstić information content (AvgIpc) is 3.30. The molecule has 0 bridgehead atoms. The normalized spacial score (nSPS) is 12.7. The molecule has 0 radical (unpaired) electrons. The number of carboxylic acid groups (broad SMARTS) is 1. The fraction of sp³-hybridized carbons (Fsp3) is 0.167. The zero-order chi connectivity index (χ0) is 25.2. The lowest BCUT2D eigenvalue weighted by Gasteiger charge is -2.25. The van der Waals surface area contributed by atoms with E-state index in [0.717, 1.165) is 5.56 Å². The smallest absolute Gasteiger partial charge is 0.407 e. The number of para-hydroxylation sites is 1. The van der Waals surface area contributed by atoms with Gasteiger partial charge in [0.05, 0.1) is 41.6 Å². The van der Waals surface area contributed by atoms with E-state index < -0.39 is 12.0 Å². The van der Waals surface area contributed by atoms with Crippen molar-refractivity contribution in [3.63, 3.8) is 0 Å². The van der Waals surface area contributed by atoms with E-state index in [2.05, 4.69) is 25.7 Å². The number of benzene rings is 2. The van der Waals surface area contributed by atoms with Crippen LogP contribution in [0.2, 0.25) is 0 Å². The van der Waals surface area contributed by atoms with E-state index in [1.54, 1.807) is 28.9 Å². The summed E-state index contributed by atoms with van der Waals surface area (Å²) in [6.45, 7) is 1.22. The summed E-state index contributed by atoms with van der Waals surface area (Å²) in [6, 6.07) is 12.4. The van der Waals surface area contributed by atoms with E-state index in [0.29, 0.717) is 58.9 Å². The zero-order valence-electron chi connectivity index (χ0n) is 19.0. The molecule has 182 valence electrons. The van der Waals surface area contributed by atoms with Gasteiger partial charge < -0.3 is 26.4 Å². The van der Waals surface area contributed by atoms with E-state index in [9.17, 15) is 19.5 Å². The highest BCUT2D eigenvalue weighted by Gasteiger charge is 2.26. The van der Waals surface area contributed by atoms with Crippen LogP contribution in [0.25, 0.3) is 10.9 Å². The first-order valence-electron chi connectivity index (χ1n) is 11.1. The molecule has 12 nitrogen and oxygen atoms in total. The zero-order valence-corrected chi connectivity index (χ0v) is 19.0. The molecule has 3 heterocycles. The quantitative estimate of drug-likeness (QED) is 0.322. The molecule has 4 aromatic rings. The van der Waals surface area contributed by atoms with Crippen molar-refractivity contribution < 1.29 is 19.5 Å². The van der Waals surface area contributed by atoms with Crippen molar-refractivity contribution in [2.24, 2.45) is 5.73 Å². The minimum atomic E-state index is -1.03. The van der Waals surface area contributed by atoms with Crippen LogP contribution in [-0.4, -0.2) is 54.2 Å². The van der Waals surface area contributed by atoms with Gasteiger partial charge in [-0.05, 0) is 29.8 Å². The second-order valence-electron chi connectivity index (χ2n) is 8.23. The van der Waals surface area contributed by atoms with E-state index >= 15 is 0 Å². The number of rotatable bonds is 6. The lowest BCUT2D eigenvalue weighted by atomic mass is 10.1. The van der Waals surface area contributed by atoms with Crippen LogP contribution in [0.15, 0.2) is 55.0 Å². The molecular formula is C24H22N8O4. The molecule has 0 saturated heterocycles. The molecule has 2 aromatic carbocycles. The number of aromatic nitrogens is 4. The van der Waals surface area contributed by atoms with Crippen molar-refractivity contribution in [2.75, 3.05) is 17.2 Å². The number of anilines is 2. The largest absolute Gasteiger partial charge is 0.465 e. The molecule has 36 heavy (non-hydrogen) atoms. The first-order chi connectivity index (χ1) is 17.4. The number of primary amides is 1. The van der Waals surface area contributed by atoms with Crippen LogP contribution in [0, 0.1) is 0 Å². The predicted molar refractivity (Wildman–Crippen MR) is 130 cm³/mol. The second-order valence-corrected chi connectivity index (χ2v) is 8.23. The summed E-state index contributed by atoms with van der Waals surface area (Å²) in [6.07, 6.45) is 1.80. The molecule has 0 saturated carbocycles. The summed E-state index contributed by atoms with van der Waals surface area (Å²) in [5.74, 6) is -0.384. The third kappa shape index (κ3) is 4.39. The first kappa shape index (κ1) is 22.8. The second kappa shape index (κ2) is 9.33. The van der Waals surface area contributed by atoms with Crippen molar-refractivity contribution in [3.8, 4) is 0 Å². The van der Waals surface area contributed by atoms with E-state index in [1.807, 2.05) is 18.2 Å². The van der Waals surface area contributed by atoms with E-state index in [1.165, 1.54) is 17.4 Å². The number of amides is 3. The molecule has 5 rings (SSSR count). The van der Waals surface area contributed by atoms with Gasteiger partial charge in [-0.15, -0.1) is 0 Å². The fourth-order valence-electron chi connectivity index (χ4n) is 4.17. The number of hydrogen-bond acceptors (Lipinski definition) is 7. The Kier molecular flexibility index (Phi) is 5.90. The summed E-state index contributed by atoms with van der Waals surface area (Å²) < 4.78 is 1.66. The number of nitrogens with two attached hydrogens (primary N) is 1. The van der Waals surface area contributed by atoms with Gasteiger partial charge in [0.1, 0.15) is 12.1 Å². The Balaban J connectivity index is 1.30. The molecule has 3 amide bonds. The molecule has 0 unspecified atom stereocenters. The number of nitrogens with zero attached hydrogens (tertiary/aromatic N) is 5. The molecule has 12 heteroatoms. The SMILES string of the molecule is NC(=O)c1cccc2c(NCc3cccc(NC(=O)c4cnn5c4CN(C(=O)O)CC5)c3)ncnc12. The average molecular weight is 486 g/mol. The lowest BCUT2D eigenvalue weighted by Crippen LogP contribution is -2.38. The number of fused-ring (bicyclic) bond motifs is 2. The van der Waals surface area contributed by atoms with Gasteiger partial charge in [0, 0.05) is 24.2 Å².